The minimum atomic E-state index is -4.73. The summed E-state index contributed by atoms with van der Waals surface area (Å²) in [6, 6.07) is 13.1. The van der Waals surface area contributed by atoms with E-state index in [4.69, 9.17) is 5.53 Å². The van der Waals surface area contributed by atoms with Gasteiger partial charge in [-0.1, -0.05) is 29.4 Å². The predicted octanol–water partition coefficient (Wildman–Crippen LogP) is 5.08. The Balaban J connectivity index is 1.67. The zero-order chi connectivity index (χ0) is 20.0. The van der Waals surface area contributed by atoms with Gasteiger partial charge in [-0.05, 0) is 48.2 Å². The van der Waals surface area contributed by atoms with Crippen LogP contribution in [-0.2, 0) is 6.42 Å². The van der Waals surface area contributed by atoms with Gasteiger partial charge < -0.3 is 4.74 Å². The number of azide groups is 1. The van der Waals surface area contributed by atoms with Crippen LogP contribution in [0.3, 0.4) is 0 Å². The van der Waals surface area contributed by atoms with Gasteiger partial charge in [0.05, 0.1) is 5.69 Å². The van der Waals surface area contributed by atoms with Crippen molar-refractivity contribution in [1.29, 1.82) is 0 Å². The third-order valence-electron chi connectivity index (χ3n) is 3.83. The van der Waals surface area contributed by atoms with Crippen molar-refractivity contribution in [2.45, 2.75) is 19.2 Å². The summed E-state index contributed by atoms with van der Waals surface area (Å²) in [5.74, 6) is 0.198. The van der Waals surface area contributed by atoms with E-state index in [-0.39, 0.29) is 5.75 Å². The van der Waals surface area contributed by atoms with Crippen LogP contribution >= 0.6 is 0 Å². The van der Waals surface area contributed by atoms with E-state index < -0.39 is 6.36 Å². The average Bonchev–Trinajstić information content (AvgIpc) is 3.15. The lowest BCUT2D eigenvalue weighted by molar-refractivity contribution is -0.274. The normalized spacial score (nSPS) is 11.1. The minimum Gasteiger partial charge on any atom is -0.406 e. The Morgan fingerprint density at radius 2 is 1.79 bits per heavy atom. The minimum absolute atomic E-state index is 0.298. The van der Waals surface area contributed by atoms with Gasteiger partial charge in [0.15, 0.2) is 5.82 Å². The van der Waals surface area contributed by atoms with Crippen LogP contribution in [0.4, 0.5) is 13.2 Å². The molecule has 144 valence electrons. The Bertz CT molecular complexity index is 960. The molecule has 0 atom stereocenters. The highest BCUT2D eigenvalue weighted by Gasteiger charge is 2.30. The molecule has 3 rings (SSSR count). The third-order valence-corrected chi connectivity index (χ3v) is 3.83. The van der Waals surface area contributed by atoms with Gasteiger partial charge in [-0.15, -0.1) is 18.3 Å². The van der Waals surface area contributed by atoms with Crippen LogP contribution in [0.25, 0.3) is 27.5 Å². The first-order chi connectivity index (χ1) is 13.4. The molecule has 0 bridgehead atoms. The molecule has 0 unspecified atom stereocenters. The molecule has 10 heteroatoms. The van der Waals surface area contributed by atoms with Crippen molar-refractivity contribution in [3.05, 3.63) is 70.9 Å². The fourth-order valence-electron chi connectivity index (χ4n) is 2.54. The van der Waals surface area contributed by atoms with Crippen molar-refractivity contribution in [1.82, 2.24) is 14.8 Å². The standard InChI is InChI=1S/C18H15F3N6O/c19-18(20,21)28-16-9-7-15(8-10-16)27-12-23-17(25-27)14-5-3-13(4-6-14)2-1-11-24-26-22/h3-10,12H,1-2,11H2. The molecule has 2 aromatic carbocycles. The first kappa shape index (κ1) is 19.2. The molecule has 0 aliphatic carbocycles. The number of hydrogen-bond donors (Lipinski definition) is 0. The van der Waals surface area contributed by atoms with E-state index in [1.54, 1.807) is 0 Å². The Hall–Kier alpha value is -3.52. The van der Waals surface area contributed by atoms with Crippen molar-refractivity contribution in [2.75, 3.05) is 6.54 Å². The molecule has 0 aliphatic rings. The molecule has 3 aromatic rings. The number of halogens is 3. The zero-order valence-corrected chi connectivity index (χ0v) is 14.5. The number of alkyl halides is 3. The van der Waals surface area contributed by atoms with Gasteiger partial charge in [-0.2, -0.15) is 0 Å². The van der Waals surface area contributed by atoms with Gasteiger partial charge in [0.1, 0.15) is 12.1 Å². The quantitative estimate of drug-likeness (QED) is 0.245. The summed E-state index contributed by atoms with van der Waals surface area (Å²) < 4.78 is 42.0. The molecule has 0 spiro atoms. The predicted molar refractivity (Wildman–Crippen MR) is 95.8 cm³/mol. The summed E-state index contributed by atoms with van der Waals surface area (Å²) >= 11 is 0. The van der Waals surface area contributed by atoms with Gasteiger partial charge in [0.2, 0.25) is 0 Å². The summed E-state index contributed by atoms with van der Waals surface area (Å²) in [7, 11) is 0. The summed E-state index contributed by atoms with van der Waals surface area (Å²) in [5.41, 5.74) is 10.7. The second-order valence-corrected chi connectivity index (χ2v) is 5.81. The van der Waals surface area contributed by atoms with E-state index >= 15 is 0 Å². The molecule has 1 heterocycles. The zero-order valence-electron chi connectivity index (χ0n) is 14.5. The van der Waals surface area contributed by atoms with Crippen molar-refractivity contribution in [2.24, 2.45) is 5.11 Å². The van der Waals surface area contributed by atoms with Crippen LogP contribution in [0.2, 0.25) is 0 Å². The van der Waals surface area contributed by atoms with Gasteiger partial charge in [0, 0.05) is 17.0 Å². The van der Waals surface area contributed by atoms with Crippen LogP contribution in [-0.4, -0.2) is 27.7 Å². The van der Waals surface area contributed by atoms with Crippen molar-refractivity contribution in [3.8, 4) is 22.8 Å². The summed E-state index contributed by atoms with van der Waals surface area (Å²) in [6.07, 6.45) is -1.67. The maximum atomic E-state index is 12.2. The van der Waals surface area contributed by atoms with Crippen LogP contribution < -0.4 is 4.74 Å². The third kappa shape index (κ3) is 5.24. The first-order valence-electron chi connectivity index (χ1n) is 8.32. The molecule has 0 aliphatic heterocycles. The van der Waals surface area contributed by atoms with Crippen molar-refractivity contribution < 1.29 is 17.9 Å². The molecule has 1 aromatic heterocycles. The topological polar surface area (TPSA) is 88.7 Å². The number of nitrogens with zero attached hydrogens (tertiary/aromatic N) is 6. The Labute approximate surface area is 158 Å². The molecular formula is C18H15F3N6O. The SMILES string of the molecule is [N-]=[N+]=NCCCc1ccc(-c2ncn(-c3ccc(OC(F)(F)F)cc3)n2)cc1. The Morgan fingerprint density at radius 3 is 2.43 bits per heavy atom. The number of ether oxygens (including phenoxy) is 1. The second kappa shape index (κ2) is 8.45. The van der Waals surface area contributed by atoms with Crippen LogP contribution in [0.15, 0.2) is 60.0 Å². The number of aromatic nitrogens is 3. The molecule has 0 amide bonds. The largest absolute Gasteiger partial charge is 0.573 e. The number of rotatable bonds is 7. The van der Waals surface area contributed by atoms with Gasteiger partial charge >= 0.3 is 6.36 Å². The summed E-state index contributed by atoms with van der Waals surface area (Å²) in [5, 5.41) is 7.86. The van der Waals surface area contributed by atoms with E-state index in [1.165, 1.54) is 35.3 Å². The lowest BCUT2D eigenvalue weighted by Gasteiger charge is -2.09. The molecule has 0 saturated heterocycles. The number of aryl methyl sites for hydroxylation is 1. The van der Waals surface area contributed by atoms with E-state index in [0.29, 0.717) is 18.1 Å². The average molecular weight is 388 g/mol. The van der Waals surface area contributed by atoms with Gasteiger partial charge in [-0.3, -0.25) is 0 Å². The fraction of sp³-hybridized carbons (Fsp3) is 0.222. The van der Waals surface area contributed by atoms with Crippen LogP contribution in [0, 0.1) is 0 Å². The van der Waals surface area contributed by atoms with Gasteiger partial charge in [0.25, 0.3) is 0 Å². The van der Waals surface area contributed by atoms with E-state index in [9.17, 15) is 13.2 Å². The van der Waals surface area contributed by atoms with E-state index in [0.717, 1.165) is 24.0 Å². The molecule has 0 radical (unpaired) electrons. The molecule has 0 fully saturated rings. The van der Waals surface area contributed by atoms with Crippen molar-refractivity contribution in [3.63, 3.8) is 0 Å². The smallest absolute Gasteiger partial charge is 0.406 e. The van der Waals surface area contributed by atoms with Crippen LogP contribution in [0.5, 0.6) is 5.75 Å². The Kier molecular flexibility index (Phi) is 5.81. The summed E-state index contributed by atoms with van der Waals surface area (Å²) in [6.45, 7) is 0.455. The molecule has 0 saturated carbocycles. The second-order valence-electron chi connectivity index (χ2n) is 5.81. The van der Waals surface area contributed by atoms with E-state index in [2.05, 4.69) is 24.8 Å². The molecular weight excluding hydrogens is 373 g/mol. The molecule has 0 N–H and O–H groups in total. The lowest BCUT2D eigenvalue weighted by Crippen LogP contribution is -2.17. The number of hydrogen-bond acceptors (Lipinski definition) is 4. The van der Waals surface area contributed by atoms with E-state index in [1.807, 2.05) is 24.3 Å². The summed E-state index contributed by atoms with van der Waals surface area (Å²) in [4.78, 5) is 6.96. The maximum Gasteiger partial charge on any atom is 0.573 e. The highest BCUT2D eigenvalue weighted by molar-refractivity contribution is 5.55. The maximum absolute atomic E-state index is 12.2. The highest BCUT2D eigenvalue weighted by Crippen LogP contribution is 2.24. The number of benzene rings is 2. The fourth-order valence-corrected chi connectivity index (χ4v) is 2.54. The van der Waals surface area contributed by atoms with Crippen LogP contribution in [0.1, 0.15) is 12.0 Å². The first-order valence-corrected chi connectivity index (χ1v) is 8.32. The monoisotopic (exact) mass is 388 g/mol. The molecule has 7 nitrogen and oxygen atoms in total. The lowest BCUT2D eigenvalue weighted by atomic mass is 10.1. The van der Waals surface area contributed by atoms with Crippen molar-refractivity contribution >= 4 is 0 Å². The highest BCUT2D eigenvalue weighted by atomic mass is 19.4. The van der Waals surface area contributed by atoms with Gasteiger partial charge in [-0.25, -0.2) is 9.67 Å². The molecule has 28 heavy (non-hydrogen) atoms. The Morgan fingerprint density at radius 1 is 1.07 bits per heavy atom.